The smallest absolute Gasteiger partial charge is 0.335 e. The number of rotatable bonds is 6. The summed E-state index contributed by atoms with van der Waals surface area (Å²) in [4.78, 5) is 23.5. The van der Waals surface area contributed by atoms with Crippen molar-refractivity contribution in [3.63, 3.8) is 0 Å². The summed E-state index contributed by atoms with van der Waals surface area (Å²) in [5.74, 6) is -0.557. The number of anilines is 1. The van der Waals surface area contributed by atoms with Gasteiger partial charge in [-0.25, -0.2) is 4.79 Å². The van der Waals surface area contributed by atoms with Gasteiger partial charge in [-0.2, -0.15) is 0 Å². The van der Waals surface area contributed by atoms with Crippen LogP contribution in [0.3, 0.4) is 0 Å². The molecule has 0 spiro atoms. The lowest BCUT2D eigenvalue weighted by atomic mass is 10.1. The monoisotopic (exact) mass is 347 g/mol. The minimum atomic E-state index is -1.01. The molecule has 0 aliphatic rings. The Hall–Kier alpha value is -3.60. The van der Waals surface area contributed by atoms with Crippen molar-refractivity contribution in [1.82, 2.24) is 0 Å². The van der Waals surface area contributed by atoms with Gasteiger partial charge >= 0.3 is 5.97 Å². The number of amides is 1. The molecule has 0 aliphatic heterocycles. The predicted octanol–water partition coefficient (Wildman–Crippen LogP) is 4.22. The van der Waals surface area contributed by atoms with Gasteiger partial charge in [-0.05, 0) is 42.5 Å². The Labute approximate surface area is 150 Å². The molecule has 130 valence electrons. The summed E-state index contributed by atoms with van der Waals surface area (Å²) in [5, 5.41) is 11.7. The van der Waals surface area contributed by atoms with Crippen molar-refractivity contribution in [3.05, 3.63) is 95.6 Å². The normalized spacial score (nSPS) is 10.2. The fourth-order valence-corrected chi connectivity index (χ4v) is 2.44. The van der Waals surface area contributed by atoms with E-state index in [0.717, 1.165) is 11.3 Å². The average molecular weight is 347 g/mol. The number of ether oxygens (including phenoxy) is 1. The van der Waals surface area contributed by atoms with Crippen LogP contribution < -0.4 is 10.1 Å². The number of hydrogen-bond donors (Lipinski definition) is 2. The Kier molecular flexibility index (Phi) is 5.29. The highest BCUT2D eigenvalue weighted by Gasteiger charge is 2.12. The Morgan fingerprint density at radius 1 is 0.846 bits per heavy atom. The van der Waals surface area contributed by atoms with Gasteiger partial charge in [0.05, 0.1) is 5.56 Å². The van der Waals surface area contributed by atoms with Crippen LogP contribution in [-0.2, 0) is 6.61 Å². The number of para-hydroxylation sites is 1. The van der Waals surface area contributed by atoms with Crippen LogP contribution in [0.1, 0.15) is 26.3 Å². The quantitative estimate of drug-likeness (QED) is 0.700. The van der Waals surface area contributed by atoms with Gasteiger partial charge in [0.1, 0.15) is 12.4 Å². The first kappa shape index (κ1) is 17.2. The van der Waals surface area contributed by atoms with Crippen LogP contribution in [0.15, 0.2) is 78.9 Å². The molecule has 3 rings (SSSR count). The summed E-state index contributed by atoms with van der Waals surface area (Å²) in [6.45, 7) is 0.269. The van der Waals surface area contributed by atoms with Gasteiger partial charge < -0.3 is 15.2 Å². The maximum atomic E-state index is 12.6. The van der Waals surface area contributed by atoms with Gasteiger partial charge in [-0.15, -0.1) is 0 Å². The van der Waals surface area contributed by atoms with Gasteiger partial charge in [0.15, 0.2) is 0 Å². The molecule has 0 atom stereocenters. The lowest BCUT2D eigenvalue weighted by Crippen LogP contribution is -2.15. The Bertz CT molecular complexity index is 905. The molecular weight excluding hydrogens is 330 g/mol. The fourth-order valence-electron chi connectivity index (χ4n) is 2.44. The van der Waals surface area contributed by atoms with Crippen molar-refractivity contribution in [1.29, 1.82) is 0 Å². The Balaban J connectivity index is 1.72. The third-order valence-electron chi connectivity index (χ3n) is 3.79. The largest absolute Gasteiger partial charge is 0.489 e. The maximum absolute atomic E-state index is 12.6. The lowest BCUT2D eigenvalue weighted by Gasteiger charge is -2.11. The number of carboxylic acids is 1. The van der Waals surface area contributed by atoms with E-state index < -0.39 is 5.97 Å². The zero-order chi connectivity index (χ0) is 18.4. The zero-order valence-corrected chi connectivity index (χ0v) is 13.9. The molecule has 3 aromatic carbocycles. The summed E-state index contributed by atoms with van der Waals surface area (Å²) < 4.78 is 5.73. The molecule has 0 unspecified atom stereocenters. The van der Waals surface area contributed by atoms with Crippen molar-refractivity contribution >= 4 is 17.6 Å². The van der Waals surface area contributed by atoms with Crippen molar-refractivity contribution in [2.24, 2.45) is 0 Å². The van der Waals surface area contributed by atoms with Gasteiger partial charge in [-0.3, -0.25) is 4.79 Å². The van der Waals surface area contributed by atoms with Crippen LogP contribution in [-0.4, -0.2) is 17.0 Å². The molecule has 0 saturated carbocycles. The number of benzene rings is 3. The number of carbonyl (C=O) groups excluding carboxylic acids is 1. The standard InChI is InChI=1S/C21H17NO4/c23-20(22-17-12-10-15(11-13-17)21(24)25)19-9-5-4-6-16(19)14-26-18-7-2-1-3-8-18/h1-13H,14H2,(H,22,23)(H,24,25). The van der Waals surface area contributed by atoms with E-state index in [0.29, 0.717) is 11.3 Å². The van der Waals surface area contributed by atoms with Crippen LogP contribution >= 0.6 is 0 Å². The maximum Gasteiger partial charge on any atom is 0.335 e. The number of nitrogens with one attached hydrogen (secondary N) is 1. The fraction of sp³-hybridized carbons (Fsp3) is 0.0476. The number of aromatic carboxylic acids is 1. The second kappa shape index (κ2) is 7.98. The van der Waals surface area contributed by atoms with Crippen molar-refractivity contribution in [3.8, 4) is 5.75 Å². The first-order chi connectivity index (χ1) is 12.6. The molecule has 0 radical (unpaired) electrons. The van der Waals surface area contributed by atoms with E-state index in [1.54, 1.807) is 24.3 Å². The summed E-state index contributed by atoms with van der Waals surface area (Å²) in [6, 6.07) is 22.6. The summed E-state index contributed by atoms with van der Waals surface area (Å²) in [5.41, 5.74) is 1.96. The summed E-state index contributed by atoms with van der Waals surface area (Å²) in [6.07, 6.45) is 0. The van der Waals surface area contributed by atoms with Crippen molar-refractivity contribution in [2.45, 2.75) is 6.61 Å². The van der Waals surface area contributed by atoms with Crippen molar-refractivity contribution < 1.29 is 19.4 Å². The third-order valence-corrected chi connectivity index (χ3v) is 3.79. The minimum Gasteiger partial charge on any atom is -0.489 e. The van der Waals surface area contributed by atoms with Crippen LogP contribution in [0.5, 0.6) is 5.75 Å². The van der Waals surface area contributed by atoms with Crippen molar-refractivity contribution in [2.75, 3.05) is 5.32 Å². The lowest BCUT2D eigenvalue weighted by molar-refractivity contribution is 0.0696. The topological polar surface area (TPSA) is 75.6 Å². The highest BCUT2D eigenvalue weighted by atomic mass is 16.5. The minimum absolute atomic E-state index is 0.166. The molecule has 0 fully saturated rings. The average Bonchev–Trinajstić information content (AvgIpc) is 2.68. The molecular formula is C21H17NO4. The van der Waals surface area contributed by atoms with E-state index >= 15 is 0 Å². The van der Waals surface area contributed by atoms with E-state index in [-0.39, 0.29) is 18.1 Å². The molecule has 2 N–H and O–H groups in total. The van der Waals surface area contributed by atoms with Gasteiger partial charge in [0, 0.05) is 16.8 Å². The summed E-state index contributed by atoms with van der Waals surface area (Å²) >= 11 is 0. The highest BCUT2D eigenvalue weighted by Crippen LogP contribution is 2.17. The molecule has 0 saturated heterocycles. The first-order valence-corrected chi connectivity index (χ1v) is 8.04. The highest BCUT2D eigenvalue weighted by molar-refractivity contribution is 6.05. The number of hydrogen-bond acceptors (Lipinski definition) is 3. The van der Waals surface area contributed by atoms with Gasteiger partial charge in [0.2, 0.25) is 0 Å². The SMILES string of the molecule is O=C(O)c1ccc(NC(=O)c2ccccc2COc2ccccc2)cc1. The molecule has 3 aromatic rings. The Morgan fingerprint density at radius 2 is 1.50 bits per heavy atom. The van der Waals surface area contributed by atoms with Crippen LogP contribution in [0.4, 0.5) is 5.69 Å². The second-order valence-corrected chi connectivity index (χ2v) is 5.60. The molecule has 0 heterocycles. The number of carboxylic acid groups (broad SMARTS) is 1. The Morgan fingerprint density at radius 3 is 2.19 bits per heavy atom. The van der Waals surface area contributed by atoms with E-state index in [1.807, 2.05) is 42.5 Å². The molecule has 0 aliphatic carbocycles. The molecule has 0 aromatic heterocycles. The first-order valence-electron chi connectivity index (χ1n) is 8.04. The van der Waals surface area contributed by atoms with E-state index in [2.05, 4.69) is 5.32 Å². The molecule has 0 bridgehead atoms. The second-order valence-electron chi connectivity index (χ2n) is 5.60. The predicted molar refractivity (Wildman–Crippen MR) is 98.6 cm³/mol. The molecule has 5 nitrogen and oxygen atoms in total. The van der Waals surface area contributed by atoms with Crippen LogP contribution in [0.25, 0.3) is 0 Å². The molecule has 5 heteroatoms. The summed E-state index contributed by atoms with van der Waals surface area (Å²) in [7, 11) is 0. The van der Waals surface area contributed by atoms with Crippen LogP contribution in [0.2, 0.25) is 0 Å². The van der Waals surface area contributed by atoms with E-state index in [4.69, 9.17) is 9.84 Å². The zero-order valence-electron chi connectivity index (χ0n) is 13.9. The molecule has 26 heavy (non-hydrogen) atoms. The van der Waals surface area contributed by atoms with Crippen LogP contribution in [0, 0.1) is 0 Å². The van der Waals surface area contributed by atoms with E-state index in [9.17, 15) is 9.59 Å². The number of carbonyl (C=O) groups is 2. The van der Waals surface area contributed by atoms with Gasteiger partial charge in [-0.1, -0.05) is 36.4 Å². The van der Waals surface area contributed by atoms with Gasteiger partial charge in [0.25, 0.3) is 5.91 Å². The van der Waals surface area contributed by atoms with E-state index in [1.165, 1.54) is 12.1 Å². The third kappa shape index (κ3) is 4.27. The molecule has 1 amide bonds.